The summed E-state index contributed by atoms with van der Waals surface area (Å²) in [5, 5.41) is 16.3. The Morgan fingerprint density at radius 3 is 2.07 bits per heavy atom. The van der Waals surface area contributed by atoms with Gasteiger partial charge in [0.15, 0.2) is 11.6 Å². The number of amides is 2. The molecule has 0 atom stereocenters. The summed E-state index contributed by atoms with van der Waals surface area (Å²) in [5.74, 6) is 0.412. The molecule has 0 spiro atoms. The number of nitrogens with one attached hydrogen (secondary N) is 3. The second-order valence-electron chi connectivity index (χ2n) is 5.44. The first kappa shape index (κ1) is 17.9. The quantitative estimate of drug-likeness (QED) is 0.598. The molecule has 3 aromatic rings. The Balaban J connectivity index is 1.57. The van der Waals surface area contributed by atoms with Crippen LogP contribution in [0.3, 0.4) is 0 Å². The van der Waals surface area contributed by atoms with E-state index in [2.05, 4.69) is 30.9 Å². The average Bonchev–Trinajstić information content (AvgIpc) is 2.70. The van der Waals surface area contributed by atoms with E-state index >= 15 is 0 Å². The molecule has 2 aromatic carbocycles. The van der Waals surface area contributed by atoms with Crippen molar-refractivity contribution >= 4 is 35.0 Å². The third kappa shape index (κ3) is 5.02. The van der Waals surface area contributed by atoms with E-state index in [1.54, 1.807) is 48.5 Å². The van der Waals surface area contributed by atoms with Crippen LogP contribution in [0.5, 0.6) is 0 Å². The fourth-order valence-electron chi connectivity index (χ4n) is 2.22. The van der Waals surface area contributed by atoms with E-state index in [-0.39, 0.29) is 0 Å². The highest BCUT2D eigenvalue weighted by Gasteiger charge is 2.06. The fourth-order valence-corrected chi connectivity index (χ4v) is 2.22. The highest BCUT2D eigenvalue weighted by atomic mass is 16.5. The van der Waals surface area contributed by atoms with Crippen LogP contribution in [-0.2, 0) is 4.74 Å². The van der Waals surface area contributed by atoms with Crippen molar-refractivity contribution in [3.63, 3.8) is 0 Å². The van der Waals surface area contributed by atoms with Crippen LogP contribution in [0.15, 0.2) is 66.7 Å². The Bertz CT molecular complexity index is 912. The summed E-state index contributed by atoms with van der Waals surface area (Å²) in [7, 11) is 1.33. The first-order valence-electron chi connectivity index (χ1n) is 8.06. The minimum atomic E-state index is -0.408. The predicted molar refractivity (Wildman–Crippen MR) is 102 cm³/mol. The van der Waals surface area contributed by atoms with Gasteiger partial charge in [-0.2, -0.15) is 0 Å². The number of anilines is 4. The Morgan fingerprint density at radius 1 is 0.778 bits per heavy atom. The number of methoxy groups -OCH3 is 1. The van der Waals surface area contributed by atoms with Crippen molar-refractivity contribution in [1.82, 2.24) is 10.2 Å². The van der Waals surface area contributed by atoms with Gasteiger partial charge in [0, 0.05) is 11.4 Å². The Hall–Kier alpha value is -3.94. The van der Waals surface area contributed by atoms with E-state index in [1.165, 1.54) is 7.11 Å². The van der Waals surface area contributed by atoms with Crippen molar-refractivity contribution in [2.45, 2.75) is 0 Å². The number of ether oxygens (including phenoxy) is 1. The number of rotatable bonds is 5. The normalized spacial score (nSPS) is 9.96. The number of esters is 1. The maximum absolute atomic E-state index is 11.9. The van der Waals surface area contributed by atoms with Crippen molar-refractivity contribution < 1.29 is 14.3 Å². The van der Waals surface area contributed by atoms with Crippen LogP contribution >= 0.6 is 0 Å². The SMILES string of the molecule is COC(=O)c1ccc(Nc2ccc(NC(=O)Nc3ccccc3)nn2)cc1. The molecule has 3 N–H and O–H groups in total. The number of urea groups is 1. The van der Waals surface area contributed by atoms with E-state index in [1.807, 2.05) is 18.2 Å². The highest BCUT2D eigenvalue weighted by Crippen LogP contribution is 2.16. The van der Waals surface area contributed by atoms with E-state index in [0.29, 0.717) is 22.9 Å². The number of carbonyl (C=O) groups is 2. The van der Waals surface area contributed by atoms with Gasteiger partial charge in [0.25, 0.3) is 0 Å². The van der Waals surface area contributed by atoms with Gasteiger partial charge in [0.2, 0.25) is 0 Å². The van der Waals surface area contributed by atoms with Gasteiger partial charge in [-0.15, -0.1) is 10.2 Å². The maximum Gasteiger partial charge on any atom is 0.337 e. The fraction of sp³-hybridized carbons (Fsp3) is 0.0526. The second-order valence-corrected chi connectivity index (χ2v) is 5.44. The molecule has 0 aliphatic carbocycles. The standard InChI is InChI=1S/C19H17N5O3/c1-27-18(25)13-7-9-15(10-8-13)20-16-11-12-17(24-23-16)22-19(26)21-14-5-3-2-4-6-14/h2-12H,1H3,(H,20,23)(H2,21,22,24,26). The molecule has 2 amide bonds. The molecule has 0 bridgehead atoms. The van der Waals surface area contributed by atoms with E-state index in [0.717, 1.165) is 5.69 Å². The number of hydrogen-bond donors (Lipinski definition) is 3. The molecule has 0 unspecified atom stereocenters. The van der Waals surface area contributed by atoms with E-state index in [4.69, 9.17) is 0 Å². The molecule has 0 fully saturated rings. The average molecular weight is 363 g/mol. The van der Waals surface area contributed by atoms with Gasteiger partial charge in [0.1, 0.15) is 0 Å². The van der Waals surface area contributed by atoms with Crippen LogP contribution in [0, 0.1) is 0 Å². The number of benzene rings is 2. The highest BCUT2D eigenvalue weighted by molar-refractivity contribution is 5.99. The summed E-state index contributed by atoms with van der Waals surface area (Å²) in [4.78, 5) is 23.3. The molecular weight excluding hydrogens is 346 g/mol. The molecular formula is C19H17N5O3. The molecule has 1 heterocycles. The minimum absolute atomic E-state index is 0.315. The molecule has 1 aromatic heterocycles. The van der Waals surface area contributed by atoms with Crippen molar-refractivity contribution in [3.8, 4) is 0 Å². The van der Waals surface area contributed by atoms with E-state index in [9.17, 15) is 9.59 Å². The van der Waals surface area contributed by atoms with Gasteiger partial charge in [-0.1, -0.05) is 18.2 Å². The third-order valence-electron chi connectivity index (χ3n) is 3.52. The molecule has 0 radical (unpaired) electrons. The topological polar surface area (TPSA) is 105 Å². The van der Waals surface area contributed by atoms with Crippen LogP contribution in [0.1, 0.15) is 10.4 Å². The number of aromatic nitrogens is 2. The lowest BCUT2D eigenvalue weighted by atomic mass is 10.2. The van der Waals surface area contributed by atoms with Gasteiger partial charge in [-0.25, -0.2) is 9.59 Å². The first-order valence-corrected chi connectivity index (χ1v) is 8.06. The molecule has 3 rings (SSSR count). The summed E-state index contributed by atoms with van der Waals surface area (Å²) in [6, 6.07) is 18.7. The zero-order valence-corrected chi connectivity index (χ0v) is 14.5. The monoisotopic (exact) mass is 363 g/mol. The predicted octanol–water partition coefficient (Wildman–Crippen LogP) is 3.65. The number of para-hydroxylation sites is 1. The molecule has 0 aliphatic heterocycles. The first-order chi connectivity index (χ1) is 13.1. The summed E-state index contributed by atoms with van der Waals surface area (Å²) >= 11 is 0. The zero-order chi connectivity index (χ0) is 19.1. The Kier molecular flexibility index (Phi) is 5.58. The minimum Gasteiger partial charge on any atom is -0.465 e. The van der Waals surface area contributed by atoms with Gasteiger partial charge < -0.3 is 15.4 Å². The lowest BCUT2D eigenvalue weighted by Crippen LogP contribution is -2.20. The lowest BCUT2D eigenvalue weighted by Gasteiger charge is -2.08. The number of hydrogen-bond acceptors (Lipinski definition) is 6. The molecule has 0 aliphatic rings. The Morgan fingerprint density at radius 2 is 1.44 bits per heavy atom. The largest absolute Gasteiger partial charge is 0.465 e. The van der Waals surface area contributed by atoms with E-state index < -0.39 is 12.0 Å². The Labute approximate surface area is 155 Å². The van der Waals surface area contributed by atoms with Crippen molar-refractivity contribution in [3.05, 3.63) is 72.3 Å². The van der Waals surface area contributed by atoms with Crippen molar-refractivity contribution in [1.29, 1.82) is 0 Å². The maximum atomic E-state index is 11.9. The van der Waals surface area contributed by atoms with Crippen LogP contribution in [-0.4, -0.2) is 29.3 Å². The zero-order valence-electron chi connectivity index (χ0n) is 14.5. The third-order valence-corrected chi connectivity index (χ3v) is 3.52. The molecule has 27 heavy (non-hydrogen) atoms. The molecule has 8 heteroatoms. The van der Waals surface area contributed by atoms with Crippen LogP contribution in [0.4, 0.5) is 27.8 Å². The van der Waals surface area contributed by atoms with Crippen LogP contribution < -0.4 is 16.0 Å². The molecule has 0 saturated carbocycles. The van der Waals surface area contributed by atoms with Crippen LogP contribution in [0.2, 0.25) is 0 Å². The molecule has 8 nitrogen and oxygen atoms in total. The number of carbonyl (C=O) groups excluding carboxylic acids is 2. The van der Waals surface area contributed by atoms with Crippen molar-refractivity contribution in [2.24, 2.45) is 0 Å². The number of nitrogens with zero attached hydrogens (tertiary/aromatic N) is 2. The van der Waals surface area contributed by atoms with Crippen LogP contribution in [0.25, 0.3) is 0 Å². The van der Waals surface area contributed by atoms with Gasteiger partial charge in [-0.3, -0.25) is 5.32 Å². The summed E-state index contributed by atoms with van der Waals surface area (Å²) in [5.41, 5.74) is 1.87. The summed E-state index contributed by atoms with van der Waals surface area (Å²) in [6.45, 7) is 0. The smallest absolute Gasteiger partial charge is 0.337 e. The second kappa shape index (κ2) is 8.43. The van der Waals surface area contributed by atoms with Gasteiger partial charge in [0.05, 0.1) is 12.7 Å². The molecule has 136 valence electrons. The summed E-state index contributed by atoms with van der Waals surface area (Å²) < 4.78 is 4.66. The summed E-state index contributed by atoms with van der Waals surface area (Å²) in [6.07, 6.45) is 0. The van der Waals surface area contributed by atoms with Gasteiger partial charge >= 0.3 is 12.0 Å². The molecule has 0 saturated heterocycles. The van der Waals surface area contributed by atoms with Crippen molar-refractivity contribution in [2.75, 3.05) is 23.1 Å². The lowest BCUT2D eigenvalue weighted by molar-refractivity contribution is 0.0600. The van der Waals surface area contributed by atoms with Gasteiger partial charge in [-0.05, 0) is 48.5 Å².